The van der Waals surface area contributed by atoms with Gasteiger partial charge in [-0.15, -0.1) is 0 Å². The molecule has 0 heterocycles. The summed E-state index contributed by atoms with van der Waals surface area (Å²) < 4.78 is 0. The van der Waals surface area contributed by atoms with Gasteiger partial charge in [0.2, 0.25) is 0 Å². The van der Waals surface area contributed by atoms with E-state index >= 15 is 0 Å². The molecule has 5 nitrogen and oxygen atoms in total. The standard InChI is InChI=1S/C22H34O5/c1-3-4-8-16(2)15-18(23)13-11-17-12-14-20(25)22(17)19(24)9-6-5-7-10-21(26)27/h7,10-14,16-19,22-24H,3-6,8-9,15H2,1-2H3,(H,26,27)/b10-7+,13-11+. The Kier molecular flexibility index (Phi) is 10.9. The first-order valence-corrected chi connectivity index (χ1v) is 10.0. The lowest BCUT2D eigenvalue weighted by atomic mass is 9.86. The van der Waals surface area contributed by atoms with Gasteiger partial charge in [0.1, 0.15) is 0 Å². The van der Waals surface area contributed by atoms with Gasteiger partial charge < -0.3 is 15.3 Å². The summed E-state index contributed by atoms with van der Waals surface area (Å²) >= 11 is 0. The van der Waals surface area contributed by atoms with E-state index in [2.05, 4.69) is 13.8 Å². The minimum absolute atomic E-state index is 0.0935. The molecule has 5 atom stereocenters. The van der Waals surface area contributed by atoms with Crippen molar-refractivity contribution in [2.75, 3.05) is 0 Å². The number of allylic oxidation sites excluding steroid dienone is 4. The molecule has 0 saturated carbocycles. The SMILES string of the molecule is CCCCC(C)CC(O)/C=C/C1C=CC(=O)C1C(O)CCC/C=C/C(=O)O. The van der Waals surface area contributed by atoms with E-state index in [1.54, 1.807) is 18.2 Å². The van der Waals surface area contributed by atoms with E-state index in [1.807, 2.05) is 6.08 Å². The number of carbonyl (C=O) groups is 2. The smallest absolute Gasteiger partial charge is 0.327 e. The Morgan fingerprint density at radius 2 is 2.00 bits per heavy atom. The van der Waals surface area contributed by atoms with Gasteiger partial charge in [-0.25, -0.2) is 4.79 Å². The van der Waals surface area contributed by atoms with E-state index in [1.165, 1.54) is 6.08 Å². The zero-order valence-electron chi connectivity index (χ0n) is 16.5. The highest BCUT2D eigenvalue weighted by Gasteiger charge is 2.34. The Morgan fingerprint density at radius 3 is 2.67 bits per heavy atom. The molecule has 0 bridgehead atoms. The summed E-state index contributed by atoms with van der Waals surface area (Å²) in [6.45, 7) is 4.29. The molecule has 0 saturated heterocycles. The van der Waals surface area contributed by atoms with Gasteiger partial charge in [-0.1, -0.05) is 57.4 Å². The quantitative estimate of drug-likeness (QED) is 0.258. The van der Waals surface area contributed by atoms with E-state index in [4.69, 9.17) is 5.11 Å². The molecule has 1 aliphatic carbocycles. The molecular formula is C22H34O5. The summed E-state index contributed by atoms with van der Waals surface area (Å²) in [6, 6.07) is 0. The summed E-state index contributed by atoms with van der Waals surface area (Å²) in [6.07, 6.45) is 13.9. The van der Waals surface area contributed by atoms with Crippen LogP contribution in [0.5, 0.6) is 0 Å². The zero-order chi connectivity index (χ0) is 20.2. The Balaban J connectivity index is 2.50. The molecule has 0 fully saturated rings. The fraction of sp³-hybridized carbons (Fsp3) is 0.636. The molecule has 0 aromatic carbocycles. The Morgan fingerprint density at radius 1 is 1.26 bits per heavy atom. The second-order valence-electron chi connectivity index (χ2n) is 7.54. The van der Waals surface area contributed by atoms with Gasteiger partial charge in [0.25, 0.3) is 0 Å². The Hall–Kier alpha value is -1.72. The number of rotatable bonds is 13. The van der Waals surface area contributed by atoms with Crippen molar-refractivity contribution in [2.24, 2.45) is 17.8 Å². The van der Waals surface area contributed by atoms with Crippen LogP contribution in [0.3, 0.4) is 0 Å². The maximum atomic E-state index is 12.1. The first kappa shape index (κ1) is 23.3. The lowest BCUT2D eigenvalue weighted by Crippen LogP contribution is -2.29. The molecule has 5 unspecified atom stereocenters. The van der Waals surface area contributed by atoms with Crippen molar-refractivity contribution >= 4 is 11.8 Å². The van der Waals surface area contributed by atoms with E-state index in [9.17, 15) is 19.8 Å². The highest BCUT2D eigenvalue weighted by Crippen LogP contribution is 2.29. The molecule has 5 heteroatoms. The number of carbonyl (C=O) groups excluding carboxylic acids is 1. The maximum absolute atomic E-state index is 12.1. The number of carboxylic acids is 1. The van der Waals surface area contributed by atoms with Crippen molar-refractivity contribution in [3.8, 4) is 0 Å². The van der Waals surface area contributed by atoms with E-state index in [0.29, 0.717) is 31.6 Å². The van der Waals surface area contributed by atoms with Crippen LogP contribution in [0.4, 0.5) is 0 Å². The van der Waals surface area contributed by atoms with Crippen LogP contribution in [0.15, 0.2) is 36.5 Å². The summed E-state index contributed by atoms with van der Waals surface area (Å²) in [5.41, 5.74) is 0. The molecule has 0 spiro atoms. The maximum Gasteiger partial charge on any atom is 0.327 e. The van der Waals surface area contributed by atoms with Gasteiger partial charge >= 0.3 is 5.97 Å². The van der Waals surface area contributed by atoms with Crippen LogP contribution in [-0.4, -0.2) is 39.3 Å². The highest BCUT2D eigenvalue weighted by atomic mass is 16.4. The van der Waals surface area contributed by atoms with Gasteiger partial charge in [-0.2, -0.15) is 0 Å². The Bertz CT molecular complexity index is 549. The number of aliphatic hydroxyl groups is 2. The molecule has 152 valence electrons. The minimum atomic E-state index is -0.988. The molecule has 27 heavy (non-hydrogen) atoms. The molecule has 3 N–H and O–H groups in total. The number of carboxylic acid groups (broad SMARTS) is 1. The first-order valence-electron chi connectivity index (χ1n) is 10.0. The van der Waals surface area contributed by atoms with Gasteiger partial charge in [0.05, 0.1) is 18.1 Å². The predicted octanol–water partition coefficient (Wildman–Crippen LogP) is 3.66. The molecule has 0 radical (unpaired) electrons. The Labute approximate surface area is 162 Å². The predicted molar refractivity (Wildman–Crippen MR) is 106 cm³/mol. The molecule has 0 amide bonds. The third kappa shape index (κ3) is 9.16. The van der Waals surface area contributed by atoms with Crippen LogP contribution >= 0.6 is 0 Å². The van der Waals surface area contributed by atoms with Gasteiger partial charge in [-0.05, 0) is 37.7 Å². The molecular weight excluding hydrogens is 344 g/mol. The number of hydrogen-bond donors (Lipinski definition) is 3. The number of unbranched alkanes of at least 4 members (excludes halogenated alkanes) is 2. The lowest BCUT2D eigenvalue weighted by molar-refractivity contribution is -0.131. The second kappa shape index (κ2) is 12.6. The first-order chi connectivity index (χ1) is 12.8. The van der Waals surface area contributed by atoms with Crippen LogP contribution in [-0.2, 0) is 9.59 Å². The minimum Gasteiger partial charge on any atom is -0.478 e. The largest absolute Gasteiger partial charge is 0.478 e. The van der Waals surface area contributed by atoms with E-state index < -0.39 is 24.1 Å². The molecule has 1 aliphatic rings. The molecule has 0 aliphatic heterocycles. The van der Waals surface area contributed by atoms with E-state index in [-0.39, 0.29) is 11.7 Å². The average Bonchev–Trinajstić information content (AvgIpc) is 2.98. The third-order valence-corrected chi connectivity index (χ3v) is 5.02. The molecule has 0 aromatic rings. The highest BCUT2D eigenvalue weighted by molar-refractivity contribution is 5.95. The molecule has 1 rings (SSSR count). The van der Waals surface area contributed by atoms with E-state index in [0.717, 1.165) is 25.3 Å². The number of aliphatic carboxylic acids is 1. The van der Waals surface area contributed by atoms with Crippen LogP contribution in [0, 0.1) is 17.8 Å². The summed E-state index contributed by atoms with van der Waals surface area (Å²) in [5.74, 6) is -1.36. The van der Waals surface area contributed by atoms with Crippen molar-refractivity contribution in [3.63, 3.8) is 0 Å². The van der Waals surface area contributed by atoms with Gasteiger partial charge in [-0.3, -0.25) is 4.79 Å². The average molecular weight is 379 g/mol. The zero-order valence-corrected chi connectivity index (χ0v) is 16.5. The topological polar surface area (TPSA) is 94.8 Å². The summed E-state index contributed by atoms with van der Waals surface area (Å²) in [5, 5.41) is 29.2. The van der Waals surface area contributed by atoms with Crippen molar-refractivity contribution in [1.29, 1.82) is 0 Å². The fourth-order valence-corrected chi connectivity index (χ4v) is 3.48. The monoisotopic (exact) mass is 378 g/mol. The van der Waals surface area contributed by atoms with Crippen LogP contribution < -0.4 is 0 Å². The van der Waals surface area contributed by atoms with Crippen molar-refractivity contribution in [2.45, 2.75) is 71.0 Å². The van der Waals surface area contributed by atoms with Crippen molar-refractivity contribution < 1.29 is 24.9 Å². The van der Waals surface area contributed by atoms with Crippen LogP contribution in [0.25, 0.3) is 0 Å². The summed E-state index contributed by atoms with van der Waals surface area (Å²) in [7, 11) is 0. The number of hydrogen-bond acceptors (Lipinski definition) is 4. The lowest BCUT2D eigenvalue weighted by Gasteiger charge is -2.22. The fourth-order valence-electron chi connectivity index (χ4n) is 3.48. The third-order valence-electron chi connectivity index (χ3n) is 5.02. The molecule has 0 aromatic heterocycles. The summed E-state index contributed by atoms with van der Waals surface area (Å²) in [4.78, 5) is 22.5. The number of ketones is 1. The second-order valence-corrected chi connectivity index (χ2v) is 7.54. The van der Waals surface area contributed by atoms with Crippen molar-refractivity contribution in [3.05, 3.63) is 36.5 Å². The van der Waals surface area contributed by atoms with Crippen LogP contribution in [0.1, 0.15) is 58.8 Å². The van der Waals surface area contributed by atoms with Gasteiger partial charge in [0.15, 0.2) is 5.78 Å². The van der Waals surface area contributed by atoms with Crippen LogP contribution in [0.2, 0.25) is 0 Å². The normalized spacial score (nSPS) is 23.3. The van der Waals surface area contributed by atoms with Gasteiger partial charge in [0, 0.05) is 12.0 Å². The number of aliphatic hydroxyl groups excluding tert-OH is 2. The van der Waals surface area contributed by atoms with Crippen molar-refractivity contribution in [1.82, 2.24) is 0 Å².